The number of aliphatic carboxylic acids is 1. The van der Waals surface area contributed by atoms with Crippen LogP contribution in [0.1, 0.15) is 32.6 Å². The van der Waals surface area contributed by atoms with Crippen LogP contribution in [0.5, 0.6) is 0 Å². The van der Waals surface area contributed by atoms with Crippen LogP contribution >= 0.6 is 11.8 Å². The number of carbonyl (C=O) groups is 2. The van der Waals surface area contributed by atoms with Gasteiger partial charge in [0.25, 0.3) is 5.91 Å². The highest BCUT2D eigenvalue weighted by molar-refractivity contribution is 8.00. The lowest BCUT2D eigenvalue weighted by Crippen LogP contribution is -2.49. The fourth-order valence-corrected chi connectivity index (χ4v) is 4.27. The van der Waals surface area contributed by atoms with Gasteiger partial charge in [0.15, 0.2) is 0 Å². The lowest BCUT2D eigenvalue weighted by Gasteiger charge is -2.29. The van der Waals surface area contributed by atoms with Crippen LogP contribution in [0.3, 0.4) is 0 Å². The van der Waals surface area contributed by atoms with Gasteiger partial charge in [-0.05, 0) is 19.3 Å². The van der Waals surface area contributed by atoms with Gasteiger partial charge >= 0.3 is 5.97 Å². The van der Waals surface area contributed by atoms with E-state index in [-0.39, 0.29) is 17.4 Å². The zero-order valence-electron chi connectivity index (χ0n) is 11.7. The van der Waals surface area contributed by atoms with Crippen LogP contribution in [0.25, 0.3) is 0 Å². The van der Waals surface area contributed by atoms with Crippen molar-refractivity contribution in [1.29, 1.82) is 0 Å². The molecule has 4 atom stereocenters. The summed E-state index contributed by atoms with van der Waals surface area (Å²) in [4.78, 5) is 25.5. The summed E-state index contributed by atoms with van der Waals surface area (Å²) in [6.45, 7) is 2.44. The molecule has 2 aliphatic heterocycles. The fourth-order valence-electron chi connectivity index (χ4n) is 2.75. The summed E-state index contributed by atoms with van der Waals surface area (Å²) in [5, 5.41) is 9.24. The molecule has 0 aromatic rings. The SMILES string of the molecule is CCCC1SCC(C(=O)O)N1C(=O)C1CCC(CN)O1. The van der Waals surface area contributed by atoms with Crippen LogP contribution in [0, 0.1) is 0 Å². The van der Waals surface area contributed by atoms with Gasteiger partial charge in [0.1, 0.15) is 12.1 Å². The second-order valence-corrected chi connectivity index (χ2v) is 6.45. The quantitative estimate of drug-likeness (QED) is 0.774. The van der Waals surface area contributed by atoms with E-state index < -0.39 is 18.1 Å². The molecule has 4 unspecified atom stereocenters. The molecule has 114 valence electrons. The topological polar surface area (TPSA) is 92.9 Å². The number of rotatable bonds is 5. The van der Waals surface area contributed by atoms with Crippen molar-refractivity contribution >= 4 is 23.6 Å². The minimum Gasteiger partial charge on any atom is -0.480 e. The number of hydrogen-bond donors (Lipinski definition) is 2. The van der Waals surface area contributed by atoms with Crippen LogP contribution in [0.2, 0.25) is 0 Å². The third-order valence-corrected chi connectivity index (χ3v) is 5.17. The molecule has 3 N–H and O–H groups in total. The van der Waals surface area contributed by atoms with Crippen molar-refractivity contribution in [3.63, 3.8) is 0 Å². The Morgan fingerprint density at radius 2 is 2.20 bits per heavy atom. The molecule has 2 aliphatic rings. The molecule has 0 spiro atoms. The van der Waals surface area contributed by atoms with Crippen molar-refractivity contribution < 1.29 is 19.4 Å². The number of nitrogens with zero attached hydrogens (tertiary/aromatic N) is 1. The van der Waals surface area contributed by atoms with E-state index in [0.29, 0.717) is 18.7 Å². The Kier molecular flexibility index (Phi) is 5.29. The summed E-state index contributed by atoms with van der Waals surface area (Å²) >= 11 is 1.55. The lowest BCUT2D eigenvalue weighted by molar-refractivity contribution is -0.154. The molecular weight excluding hydrogens is 280 g/mol. The Morgan fingerprint density at radius 3 is 2.75 bits per heavy atom. The highest BCUT2D eigenvalue weighted by Crippen LogP contribution is 2.34. The summed E-state index contributed by atoms with van der Waals surface area (Å²) in [7, 11) is 0. The average molecular weight is 302 g/mol. The lowest BCUT2D eigenvalue weighted by atomic mass is 10.1. The maximum absolute atomic E-state index is 12.6. The van der Waals surface area contributed by atoms with E-state index in [1.807, 2.05) is 6.92 Å². The Labute approximate surface area is 123 Å². The maximum atomic E-state index is 12.6. The van der Waals surface area contributed by atoms with Crippen molar-refractivity contribution in [1.82, 2.24) is 4.90 Å². The highest BCUT2D eigenvalue weighted by atomic mass is 32.2. The molecule has 0 aliphatic carbocycles. The number of hydrogen-bond acceptors (Lipinski definition) is 5. The van der Waals surface area contributed by atoms with Gasteiger partial charge in [0.2, 0.25) is 0 Å². The Bertz CT molecular complexity index is 379. The minimum atomic E-state index is -0.933. The summed E-state index contributed by atoms with van der Waals surface area (Å²) < 4.78 is 5.62. The van der Waals surface area contributed by atoms with E-state index in [4.69, 9.17) is 10.5 Å². The third kappa shape index (κ3) is 3.10. The van der Waals surface area contributed by atoms with Crippen molar-refractivity contribution in [3.8, 4) is 0 Å². The smallest absolute Gasteiger partial charge is 0.327 e. The van der Waals surface area contributed by atoms with E-state index in [9.17, 15) is 14.7 Å². The number of thioether (sulfide) groups is 1. The van der Waals surface area contributed by atoms with E-state index >= 15 is 0 Å². The molecule has 0 aromatic carbocycles. The summed E-state index contributed by atoms with van der Waals surface area (Å²) in [6, 6.07) is -0.732. The van der Waals surface area contributed by atoms with Crippen molar-refractivity contribution in [3.05, 3.63) is 0 Å². The minimum absolute atomic E-state index is 0.0471. The molecule has 0 saturated carbocycles. The fraction of sp³-hybridized carbons (Fsp3) is 0.846. The largest absolute Gasteiger partial charge is 0.480 e. The number of carbonyl (C=O) groups excluding carboxylic acids is 1. The van der Waals surface area contributed by atoms with Crippen molar-refractivity contribution in [2.45, 2.75) is 56.2 Å². The summed E-state index contributed by atoms with van der Waals surface area (Å²) in [6.07, 6.45) is 2.53. The molecule has 2 saturated heterocycles. The first kappa shape index (κ1) is 15.6. The third-order valence-electron chi connectivity index (χ3n) is 3.81. The van der Waals surface area contributed by atoms with Gasteiger partial charge in [-0.2, -0.15) is 0 Å². The molecule has 0 radical (unpaired) electrons. The highest BCUT2D eigenvalue weighted by Gasteiger charge is 2.45. The molecule has 7 heteroatoms. The van der Waals surface area contributed by atoms with Crippen LogP contribution in [0.15, 0.2) is 0 Å². The predicted molar refractivity (Wildman–Crippen MR) is 76.4 cm³/mol. The first-order valence-electron chi connectivity index (χ1n) is 7.10. The van der Waals surface area contributed by atoms with Gasteiger partial charge in [-0.1, -0.05) is 13.3 Å². The van der Waals surface area contributed by atoms with Gasteiger partial charge in [0, 0.05) is 12.3 Å². The zero-order valence-corrected chi connectivity index (χ0v) is 12.5. The molecule has 20 heavy (non-hydrogen) atoms. The van der Waals surface area contributed by atoms with Crippen LogP contribution in [-0.2, 0) is 14.3 Å². The van der Waals surface area contributed by atoms with E-state index in [1.54, 1.807) is 11.8 Å². The van der Waals surface area contributed by atoms with E-state index in [1.165, 1.54) is 4.90 Å². The number of carboxylic acid groups (broad SMARTS) is 1. The molecular formula is C13H22N2O4S. The van der Waals surface area contributed by atoms with Gasteiger partial charge in [-0.25, -0.2) is 4.79 Å². The van der Waals surface area contributed by atoms with Crippen molar-refractivity contribution in [2.75, 3.05) is 12.3 Å². The van der Waals surface area contributed by atoms with Crippen LogP contribution in [0.4, 0.5) is 0 Å². The summed E-state index contributed by atoms with van der Waals surface area (Å²) in [5.74, 6) is -0.659. The molecule has 6 nitrogen and oxygen atoms in total. The second-order valence-electron chi connectivity index (χ2n) is 5.24. The maximum Gasteiger partial charge on any atom is 0.327 e. The monoisotopic (exact) mass is 302 g/mol. The van der Waals surface area contributed by atoms with Gasteiger partial charge in [-0.3, -0.25) is 4.79 Å². The molecule has 1 amide bonds. The van der Waals surface area contributed by atoms with Gasteiger partial charge < -0.3 is 20.5 Å². The van der Waals surface area contributed by atoms with Crippen LogP contribution < -0.4 is 5.73 Å². The molecule has 0 bridgehead atoms. The first-order chi connectivity index (χ1) is 9.58. The number of nitrogens with two attached hydrogens (primary N) is 1. The molecule has 2 fully saturated rings. The van der Waals surface area contributed by atoms with Gasteiger partial charge in [-0.15, -0.1) is 11.8 Å². The Morgan fingerprint density at radius 1 is 1.45 bits per heavy atom. The Hall–Kier alpha value is -0.790. The normalized spacial score (nSPS) is 33.6. The Balaban J connectivity index is 2.09. The number of ether oxygens (including phenoxy) is 1. The van der Waals surface area contributed by atoms with Gasteiger partial charge in [0.05, 0.1) is 11.5 Å². The zero-order chi connectivity index (χ0) is 14.7. The summed E-state index contributed by atoms with van der Waals surface area (Å²) in [5.41, 5.74) is 5.55. The number of carboxylic acids is 1. The first-order valence-corrected chi connectivity index (χ1v) is 8.15. The molecule has 2 heterocycles. The average Bonchev–Trinajstić information content (AvgIpc) is 3.04. The van der Waals surface area contributed by atoms with Crippen molar-refractivity contribution in [2.24, 2.45) is 5.73 Å². The van der Waals surface area contributed by atoms with Crippen LogP contribution in [-0.4, -0.2) is 57.8 Å². The second kappa shape index (κ2) is 6.78. The van der Waals surface area contributed by atoms with E-state index in [0.717, 1.165) is 19.3 Å². The standard InChI is InChI=1S/C13H22N2O4S/c1-2-3-11-15(9(7-20-11)13(17)18)12(16)10-5-4-8(6-14)19-10/h8-11H,2-7,14H2,1H3,(H,17,18). The molecule has 0 aromatic heterocycles. The van der Waals surface area contributed by atoms with E-state index in [2.05, 4.69) is 0 Å². The number of amides is 1. The molecule has 2 rings (SSSR count). The predicted octanol–water partition coefficient (Wildman–Crippen LogP) is 0.648.